The molecule has 0 spiro atoms. The molecule has 12 nitrogen and oxygen atoms in total. The first-order chi connectivity index (χ1) is 16.7. The number of ether oxygens (including phenoxy) is 4. The lowest BCUT2D eigenvalue weighted by molar-refractivity contribution is -0.299. The molecular weight excluding hydrogens is 504 g/mol. The lowest BCUT2D eigenvalue weighted by Gasteiger charge is -2.41. The Labute approximate surface area is 214 Å². The fourth-order valence-electron chi connectivity index (χ4n) is 3.76. The molecule has 2 heterocycles. The zero-order chi connectivity index (χ0) is 26.0. The maximum atomic E-state index is 10.3. The van der Waals surface area contributed by atoms with E-state index in [0.717, 1.165) is 29.7 Å². The van der Waals surface area contributed by atoms with Gasteiger partial charge in [0.05, 0.1) is 18.5 Å². The first kappa shape index (κ1) is 31.0. The molecule has 0 aliphatic carbocycles. The minimum atomic E-state index is -1.41. The van der Waals surface area contributed by atoms with Gasteiger partial charge in [-0.2, -0.15) is 11.8 Å². The van der Waals surface area contributed by atoms with Gasteiger partial charge in [0, 0.05) is 26.0 Å². The van der Waals surface area contributed by atoms with Crippen LogP contribution in [0.25, 0.3) is 0 Å². The molecule has 2 rings (SSSR count). The largest absolute Gasteiger partial charge is 0.394 e. The van der Waals surface area contributed by atoms with E-state index in [2.05, 4.69) is 4.99 Å². The molecule has 0 aromatic rings. The lowest BCUT2D eigenvalue weighted by atomic mass is 9.97. The van der Waals surface area contributed by atoms with Crippen LogP contribution in [0.4, 0.5) is 0 Å². The zero-order valence-electron chi connectivity index (χ0n) is 20.1. The van der Waals surface area contributed by atoms with Gasteiger partial charge < -0.3 is 55.3 Å². The minimum Gasteiger partial charge on any atom is -0.394 e. The monoisotopic (exact) mass is 544 g/mol. The Morgan fingerprint density at radius 2 is 1.69 bits per heavy atom. The Balaban J connectivity index is 1.59. The fraction of sp³-hybridized carbons (Fsp3) is 0.952. The second-order valence-corrected chi connectivity index (χ2v) is 10.7. The van der Waals surface area contributed by atoms with Gasteiger partial charge in [-0.1, -0.05) is 6.92 Å². The Hall–Kier alpha value is -0.230. The fourth-order valence-corrected chi connectivity index (χ4v) is 5.52. The number of amidine groups is 1. The molecule has 8 N–H and O–H groups in total. The van der Waals surface area contributed by atoms with E-state index in [9.17, 15) is 30.6 Å². The van der Waals surface area contributed by atoms with Crippen LogP contribution in [0.5, 0.6) is 0 Å². The van der Waals surface area contributed by atoms with E-state index < -0.39 is 67.2 Å². The molecule has 0 amide bonds. The highest BCUT2D eigenvalue weighted by Gasteiger charge is 2.45. The molecule has 2 fully saturated rings. The van der Waals surface area contributed by atoms with Crippen LogP contribution in [-0.2, 0) is 18.9 Å². The predicted octanol–water partition coefficient (Wildman–Crippen LogP) is -2.11. The summed E-state index contributed by atoms with van der Waals surface area (Å²) in [4.78, 5) is 4.28. The van der Waals surface area contributed by atoms with Crippen LogP contribution in [0.3, 0.4) is 0 Å². The van der Waals surface area contributed by atoms with E-state index in [-0.39, 0.29) is 5.75 Å². The van der Waals surface area contributed by atoms with Crippen molar-refractivity contribution >= 4 is 29.4 Å². The Bertz CT molecular complexity index is 633. The maximum Gasteiger partial charge on any atom is 0.186 e. The average molecular weight is 545 g/mol. The molecule has 0 aromatic carbocycles. The van der Waals surface area contributed by atoms with Gasteiger partial charge in [-0.15, -0.1) is 11.8 Å². The second kappa shape index (κ2) is 15.9. The smallest absolute Gasteiger partial charge is 0.186 e. The molecule has 2 aliphatic heterocycles. The van der Waals surface area contributed by atoms with Gasteiger partial charge in [-0.25, -0.2) is 0 Å². The summed E-state index contributed by atoms with van der Waals surface area (Å²) in [5, 5.41) is 59.4. The van der Waals surface area contributed by atoms with Crippen molar-refractivity contribution < 1.29 is 49.6 Å². The van der Waals surface area contributed by atoms with Gasteiger partial charge in [-0.05, 0) is 18.6 Å². The van der Waals surface area contributed by atoms with Crippen molar-refractivity contribution in [2.24, 2.45) is 10.7 Å². The molecule has 0 radical (unpaired) electrons. The Kier molecular flexibility index (Phi) is 14.1. The molecule has 14 heteroatoms. The van der Waals surface area contributed by atoms with E-state index >= 15 is 0 Å². The molecule has 206 valence electrons. The van der Waals surface area contributed by atoms with Gasteiger partial charge >= 0.3 is 0 Å². The summed E-state index contributed by atoms with van der Waals surface area (Å²) in [5.41, 5.74) is 5.07. The second-order valence-electron chi connectivity index (χ2n) is 8.35. The van der Waals surface area contributed by atoms with Gasteiger partial charge in [0.1, 0.15) is 54.0 Å². The van der Waals surface area contributed by atoms with Crippen molar-refractivity contribution in [1.82, 2.24) is 0 Å². The third-order valence-electron chi connectivity index (χ3n) is 5.82. The molecular formula is C21H40N2O10S2. The average Bonchev–Trinajstić information content (AvgIpc) is 2.86. The number of aliphatic hydroxyl groups excluding tert-OH is 6. The lowest BCUT2D eigenvalue weighted by Crippen LogP contribution is -2.58. The van der Waals surface area contributed by atoms with Crippen LogP contribution in [0.15, 0.2) is 4.99 Å². The highest BCUT2D eigenvalue weighted by Crippen LogP contribution is 2.28. The molecule has 0 saturated carbocycles. The molecule has 9 unspecified atom stereocenters. The van der Waals surface area contributed by atoms with Crippen LogP contribution in [-0.4, -0.2) is 141 Å². The summed E-state index contributed by atoms with van der Waals surface area (Å²) >= 11 is 2.81. The van der Waals surface area contributed by atoms with Crippen LogP contribution < -0.4 is 5.73 Å². The van der Waals surface area contributed by atoms with Gasteiger partial charge in [-0.3, -0.25) is 4.99 Å². The summed E-state index contributed by atoms with van der Waals surface area (Å²) in [6.45, 7) is 2.26. The quantitative estimate of drug-likeness (QED) is 0.0713. The number of aliphatic imine (C=N–C) groups is 1. The van der Waals surface area contributed by atoms with E-state index in [1.165, 1.54) is 7.11 Å². The number of nitrogens with two attached hydrogens (primary N) is 1. The predicted molar refractivity (Wildman–Crippen MR) is 132 cm³/mol. The van der Waals surface area contributed by atoms with E-state index in [4.69, 9.17) is 24.7 Å². The molecule has 0 bridgehead atoms. The van der Waals surface area contributed by atoms with Crippen LogP contribution in [0, 0.1) is 0 Å². The van der Waals surface area contributed by atoms with Crippen molar-refractivity contribution in [2.75, 3.05) is 44.1 Å². The first-order valence-electron chi connectivity index (χ1n) is 11.7. The number of nitrogens with zero attached hydrogens (tertiary/aromatic N) is 1. The molecule has 10 atom stereocenters. The van der Waals surface area contributed by atoms with Crippen molar-refractivity contribution in [2.45, 2.75) is 80.3 Å². The topological polar surface area (TPSA) is 197 Å². The summed E-state index contributed by atoms with van der Waals surface area (Å²) in [6, 6.07) is 0. The minimum absolute atomic E-state index is 0.262. The number of aliphatic hydroxyl groups is 6. The third kappa shape index (κ3) is 8.93. The summed E-state index contributed by atoms with van der Waals surface area (Å²) in [6.07, 6.45) is -7.85. The number of hydrogen-bond donors (Lipinski definition) is 7. The van der Waals surface area contributed by atoms with Gasteiger partial charge in [0.15, 0.2) is 6.29 Å². The van der Waals surface area contributed by atoms with E-state index in [1.54, 1.807) is 11.8 Å². The zero-order valence-corrected chi connectivity index (χ0v) is 21.7. The SMILES string of the molecule is CCC1OC(OC)C(OCCCSCCN=C(N)CSC2OC(CO)C(O)C(O)C2O)C(O)[C@@H]1O. The third-order valence-corrected chi connectivity index (χ3v) is 8.05. The number of methoxy groups -OCH3 is 1. The number of hydrogen-bond acceptors (Lipinski definition) is 13. The highest BCUT2D eigenvalue weighted by atomic mass is 32.2. The Morgan fingerprint density at radius 1 is 0.971 bits per heavy atom. The highest BCUT2D eigenvalue weighted by molar-refractivity contribution is 8.00. The Morgan fingerprint density at radius 3 is 2.34 bits per heavy atom. The summed E-state index contributed by atoms with van der Waals surface area (Å²) in [5.74, 6) is 2.16. The van der Waals surface area contributed by atoms with Crippen LogP contribution >= 0.6 is 23.5 Å². The van der Waals surface area contributed by atoms with Crippen molar-refractivity contribution in [3.05, 3.63) is 0 Å². The molecule has 0 aromatic heterocycles. The number of thioether (sulfide) groups is 2. The van der Waals surface area contributed by atoms with Crippen LogP contribution in [0.1, 0.15) is 19.8 Å². The standard InChI is InChI=1S/C21H40N2O10S2/c1-3-11-14(25)17(28)19(20(30-2)32-11)31-6-4-7-34-8-5-23-13(22)10-35-21-18(29)16(27)15(26)12(9-24)33-21/h11-12,14-21,24-29H,3-10H2,1-2H3,(H2,22,23)/t11?,12?,14-,15?,16?,17?,18?,19?,20?,21?/m1/s1. The van der Waals surface area contributed by atoms with Crippen molar-refractivity contribution in [3.8, 4) is 0 Å². The molecule has 2 aliphatic rings. The van der Waals surface area contributed by atoms with E-state index in [1.807, 2.05) is 6.92 Å². The van der Waals surface area contributed by atoms with E-state index in [0.29, 0.717) is 25.4 Å². The van der Waals surface area contributed by atoms with Crippen molar-refractivity contribution in [1.29, 1.82) is 0 Å². The molecule has 35 heavy (non-hydrogen) atoms. The number of rotatable bonds is 14. The normalized spacial score (nSPS) is 38.6. The summed E-state index contributed by atoms with van der Waals surface area (Å²) in [7, 11) is 1.47. The maximum absolute atomic E-state index is 10.3. The van der Waals surface area contributed by atoms with Gasteiger partial charge in [0.2, 0.25) is 0 Å². The summed E-state index contributed by atoms with van der Waals surface area (Å²) < 4.78 is 22.1. The van der Waals surface area contributed by atoms with Gasteiger partial charge in [0.25, 0.3) is 0 Å². The van der Waals surface area contributed by atoms with Crippen molar-refractivity contribution in [3.63, 3.8) is 0 Å². The van der Waals surface area contributed by atoms with Crippen LogP contribution in [0.2, 0.25) is 0 Å². The first-order valence-corrected chi connectivity index (χ1v) is 13.9. The molecule has 2 saturated heterocycles.